The van der Waals surface area contributed by atoms with Crippen LogP contribution >= 0.6 is 11.6 Å². The number of rotatable bonds is 7. The average Bonchev–Trinajstić information content (AvgIpc) is 2.97. The molecule has 0 radical (unpaired) electrons. The second kappa shape index (κ2) is 7.04. The molecule has 0 spiro atoms. The quantitative estimate of drug-likeness (QED) is 0.721. The lowest BCUT2D eigenvalue weighted by Crippen LogP contribution is -2.24. The minimum Gasteiger partial charge on any atom is -0.347 e. The molecule has 6 nitrogen and oxygen atoms in total. The number of hydrogen-bond acceptors (Lipinski definition) is 4. The van der Waals surface area contributed by atoms with Gasteiger partial charge in [-0.2, -0.15) is 0 Å². The molecule has 0 aliphatic heterocycles. The van der Waals surface area contributed by atoms with E-state index in [2.05, 4.69) is 20.0 Å². The van der Waals surface area contributed by atoms with E-state index in [0.29, 0.717) is 12.2 Å². The first-order valence-electron chi connectivity index (χ1n) is 6.49. The number of hydrogen-bond donors (Lipinski definition) is 3. The maximum Gasteiger partial charge on any atom is 0.242 e. The molecule has 0 saturated carbocycles. The monoisotopic (exact) mass is 328 g/mol. The van der Waals surface area contributed by atoms with Crippen molar-refractivity contribution in [3.8, 4) is 0 Å². The lowest BCUT2D eigenvalue weighted by atomic mass is 10.2. The van der Waals surface area contributed by atoms with Gasteiger partial charge in [-0.3, -0.25) is 0 Å². The minimum absolute atomic E-state index is 0.0825. The number of benzene rings is 1. The summed E-state index contributed by atoms with van der Waals surface area (Å²) in [6.45, 7) is 3.52. The molecule has 0 atom stereocenters. The smallest absolute Gasteiger partial charge is 0.242 e. The lowest BCUT2D eigenvalue weighted by Gasteiger charge is -2.10. The first-order chi connectivity index (χ1) is 10.0. The van der Waals surface area contributed by atoms with Gasteiger partial charge in [0.25, 0.3) is 0 Å². The van der Waals surface area contributed by atoms with Gasteiger partial charge in [-0.05, 0) is 24.2 Å². The summed E-state index contributed by atoms with van der Waals surface area (Å²) in [5.74, 6) is 0. The maximum atomic E-state index is 12.3. The van der Waals surface area contributed by atoms with Crippen LogP contribution in [0.15, 0.2) is 35.6 Å². The van der Waals surface area contributed by atoms with Crippen molar-refractivity contribution in [2.24, 2.45) is 0 Å². The molecule has 1 heterocycles. The number of sulfonamides is 1. The molecule has 2 rings (SSSR count). The van der Waals surface area contributed by atoms with Crippen LogP contribution in [0.5, 0.6) is 0 Å². The zero-order valence-corrected chi connectivity index (χ0v) is 13.1. The summed E-state index contributed by atoms with van der Waals surface area (Å²) >= 11 is 6.02. The van der Waals surface area contributed by atoms with Gasteiger partial charge < -0.3 is 10.3 Å². The first-order valence-corrected chi connectivity index (χ1v) is 8.35. The highest BCUT2D eigenvalue weighted by atomic mass is 35.5. The summed E-state index contributed by atoms with van der Waals surface area (Å²) in [5, 5.41) is 3.35. The van der Waals surface area contributed by atoms with Crippen LogP contribution in [0.3, 0.4) is 0 Å². The molecule has 0 fully saturated rings. The summed E-state index contributed by atoms with van der Waals surface area (Å²) in [6, 6.07) is 4.98. The van der Waals surface area contributed by atoms with Crippen molar-refractivity contribution in [2.45, 2.75) is 24.9 Å². The maximum absolute atomic E-state index is 12.3. The van der Waals surface area contributed by atoms with Crippen molar-refractivity contribution in [3.05, 3.63) is 47.0 Å². The van der Waals surface area contributed by atoms with Crippen molar-refractivity contribution in [3.63, 3.8) is 0 Å². The van der Waals surface area contributed by atoms with Gasteiger partial charge in [0.2, 0.25) is 10.0 Å². The van der Waals surface area contributed by atoms with E-state index in [1.165, 1.54) is 6.33 Å². The van der Waals surface area contributed by atoms with Crippen LogP contribution < -0.4 is 10.0 Å². The molecule has 8 heteroatoms. The first kappa shape index (κ1) is 16.0. The largest absolute Gasteiger partial charge is 0.347 e. The van der Waals surface area contributed by atoms with E-state index >= 15 is 0 Å². The minimum atomic E-state index is -3.67. The van der Waals surface area contributed by atoms with Gasteiger partial charge in [0.15, 0.2) is 0 Å². The highest BCUT2D eigenvalue weighted by Crippen LogP contribution is 2.22. The van der Waals surface area contributed by atoms with E-state index in [1.54, 1.807) is 24.4 Å². The SMILES string of the molecule is CCNCc1ccc(Cl)c(S(=O)(=O)NCc2cnc[nH]2)c1. The molecule has 0 unspecified atom stereocenters. The van der Waals surface area contributed by atoms with Gasteiger partial charge in [-0.15, -0.1) is 0 Å². The Bertz CT molecular complexity index is 686. The van der Waals surface area contributed by atoms with E-state index in [4.69, 9.17) is 11.6 Å². The molecule has 1 aromatic carbocycles. The van der Waals surface area contributed by atoms with Gasteiger partial charge in [0.1, 0.15) is 4.90 Å². The number of nitrogens with zero attached hydrogens (tertiary/aromatic N) is 1. The molecule has 114 valence electrons. The Hall–Kier alpha value is -1.41. The van der Waals surface area contributed by atoms with E-state index in [9.17, 15) is 8.42 Å². The fourth-order valence-electron chi connectivity index (χ4n) is 1.76. The van der Waals surface area contributed by atoms with Crippen LogP contribution in [-0.4, -0.2) is 24.9 Å². The normalized spacial score (nSPS) is 11.7. The van der Waals surface area contributed by atoms with Crippen LogP contribution in [-0.2, 0) is 23.1 Å². The predicted octanol–water partition coefficient (Wildman–Crippen LogP) is 1.65. The third-order valence-electron chi connectivity index (χ3n) is 2.87. The topological polar surface area (TPSA) is 86.9 Å². The van der Waals surface area contributed by atoms with Crippen molar-refractivity contribution in [1.29, 1.82) is 0 Å². The summed E-state index contributed by atoms with van der Waals surface area (Å²) in [6.07, 6.45) is 3.05. The summed E-state index contributed by atoms with van der Waals surface area (Å²) < 4.78 is 27.1. The third kappa shape index (κ3) is 4.28. The van der Waals surface area contributed by atoms with E-state index < -0.39 is 10.0 Å². The number of H-pyrrole nitrogens is 1. The summed E-state index contributed by atoms with van der Waals surface area (Å²) in [4.78, 5) is 6.75. The number of aromatic nitrogens is 2. The van der Waals surface area contributed by atoms with Gasteiger partial charge in [-0.25, -0.2) is 18.1 Å². The molecule has 0 amide bonds. The molecule has 0 aliphatic carbocycles. The fourth-order valence-corrected chi connectivity index (χ4v) is 3.32. The number of aromatic amines is 1. The molecule has 0 bridgehead atoms. The molecule has 0 aliphatic rings. The lowest BCUT2D eigenvalue weighted by molar-refractivity contribution is 0.580. The Morgan fingerprint density at radius 1 is 1.33 bits per heavy atom. The van der Waals surface area contributed by atoms with Crippen LogP contribution in [0, 0.1) is 0 Å². The van der Waals surface area contributed by atoms with Crippen LogP contribution in [0.1, 0.15) is 18.2 Å². The molecule has 2 aromatic rings. The van der Waals surface area contributed by atoms with Gasteiger partial charge >= 0.3 is 0 Å². The Morgan fingerprint density at radius 2 is 2.14 bits per heavy atom. The Balaban J connectivity index is 2.17. The number of halogens is 1. The second-order valence-corrected chi connectivity index (χ2v) is 6.59. The Labute approximate surface area is 129 Å². The van der Waals surface area contributed by atoms with E-state index in [0.717, 1.165) is 12.1 Å². The van der Waals surface area contributed by atoms with E-state index in [1.807, 2.05) is 6.92 Å². The van der Waals surface area contributed by atoms with Crippen molar-refractivity contribution >= 4 is 21.6 Å². The highest BCUT2D eigenvalue weighted by Gasteiger charge is 2.18. The van der Waals surface area contributed by atoms with E-state index in [-0.39, 0.29) is 16.5 Å². The highest BCUT2D eigenvalue weighted by molar-refractivity contribution is 7.89. The zero-order chi connectivity index (χ0) is 15.3. The standard InChI is InChI=1S/C13H17ClN4O2S/c1-2-15-6-10-3-4-12(14)13(5-10)21(19,20)18-8-11-7-16-9-17-11/h3-5,7,9,15,18H,2,6,8H2,1H3,(H,16,17). The molecule has 21 heavy (non-hydrogen) atoms. The third-order valence-corrected chi connectivity index (χ3v) is 4.75. The van der Waals surface area contributed by atoms with Crippen molar-refractivity contribution in [2.75, 3.05) is 6.54 Å². The Morgan fingerprint density at radius 3 is 2.81 bits per heavy atom. The molecule has 1 aromatic heterocycles. The predicted molar refractivity (Wildman–Crippen MR) is 81.4 cm³/mol. The van der Waals surface area contributed by atoms with Gasteiger partial charge in [-0.1, -0.05) is 24.6 Å². The van der Waals surface area contributed by atoms with Crippen LogP contribution in [0.25, 0.3) is 0 Å². The Kier molecular flexibility index (Phi) is 5.35. The fraction of sp³-hybridized carbons (Fsp3) is 0.308. The number of imidazole rings is 1. The molecule has 3 N–H and O–H groups in total. The molecular weight excluding hydrogens is 312 g/mol. The van der Waals surface area contributed by atoms with Crippen LogP contribution in [0.4, 0.5) is 0 Å². The van der Waals surface area contributed by atoms with Crippen molar-refractivity contribution < 1.29 is 8.42 Å². The average molecular weight is 329 g/mol. The molecular formula is C13H17ClN4O2S. The van der Waals surface area contributed by atoms with Gasteiger partial charge in [0, 0.05) is 18.4 Å². The summed E-state index contributed by atoms with van der Waals surface area (Å²) in [7, 11) is -3.67. The number of nitrogens with one attached hydrogen (secondary N) is 3. The van der Waals surface area contributed by atoms with Crippen molar-refractivity contribution in [1.82, 2.24) is 20.0 Å². The second-order valence-electron chi connectivity index (χ2n) is 4.45. The van der Waals surface area contributed by atoms with Gasteiger partial charge in [0.05, 0.1) is 17.9 Å². The summed E-state index contributed by atoms with van der Waals surface area (Å²) in [5.41, 5.74) is 1.54. The zero-order valence-electron chi connectivity index (χ0n) is 11.6. The molecule has 0 saturated heterocycles. The van der Waals surface area contributed by atoms with Crippen LogP contribution in [0.2, 0.25) is 5.02 Å².